The van der Waals surface area contributed by atoms with Gasteiger partial charge in [0.2, 0.25) is 0 Å². The summed E-state index contributed by atoms with van der Waals surface area (Å²) in [6, 6.07) is 2.37. The van der Waals surface area contributed by atoms with Crippen molar-refractivity contribution in [1.82, 2.24) is 4.98 Å². The number of alkyl halides is 3. The number of aromatic nitrogens is 1. The van der Waals surface area contributed by atoms with Crippen molar-refractivity contribution in [3.05, 3.63) is 23.9 Å². The van der Waals surface area contributed by atoms with Gasteiger partial charge in [0, 0.05) is 12.7 Å². The second-order valence-electron chi connectivity index (χ2n) is 5.27. The molecule has 0 radical (unpaired) electrons. The third kappa shape index (κ3) is 2.60. The van der Waals surface area contributed by atoms with Crippen LogP contribution in [0.25, 0.3) is 0 Å². The second kappa shape index (κ2) is 4.44. The molecule has 0 aromatic carbocycles. The maximum atomic E-state index is 12.8. The lowest BCUT2D eigenvalue weighted by molar-refractivity contribution is -0.137. The summed E-state index contributed by atoms with van der Waals surface area (Å²) >= 11 is 0. The Kier molecular flexibility index (Phi) is 3.25. The van der Waals surface area contributed by atoms with Gasteiger partial charge in [0.05, 0.1) is 5.56 Å². The van der Waals surface area contributed by atoms with Crippen LogP contribution in [-0.2, 0) is 6.18 Å². The van der Waals surface area contributed by atoms with Crippen molar-refractivity contribution in [3.8, 4) is 0 Å². The number of hydrogen-bond donors (Lipinski definition) is 1. The van der Waals surface area contributed by atoms with E-state index < -0.39 is 11.7 Å². The van der Waals surface area contributed by atoms with Gasteiger partial charge >= 0.3 is 6.18 Å². The van der Waals surface area contributed by atoms with Gasteiger partial charge in [-0.1, -0.05) is 13.8 Å². The van der Waals surface area contributed by atoms with Crippen LogP contribution in [0.1, 0.15) is 32.3 Å². The van der Waals surface area contributed by atoms with E-state index in [1.165, 1.54) is 12.3 Å². The van der Waals surface area contributed by atoms with E-state index in [2.05, 4.69) is 24.1 Å². The molecule has 0 amide bonds. The molecular formula is C13H17F3N2. The first-order valence-corrected chi connectivity index (χ1v) is 6.11. The van der Waals surface area contributed by atoms with E-state index in [9.17, 15) is 13.2 Å². The summed E-state index contributed by atoms with van der Waals surface area (Å²) in [6.07, 6.45) is -0.824. The first-order valence-electron chi connectivity index (χ1n) is 6.11. The van der Waals surface area contributed by atoms with Crippen molar-refractivity contribution in [2.45, 2.75) is 32.9 Å². The fraction of sp³-hybridized carbons (Fsp3) is 0.615. The normalized spacial score (nSPS) is 17.9. The van der Waals surface area contributed by atoms with Crippen LogP contribution in [0, 0.1) is 11.3 Å². The van der Waals surface area contributed by atoms with Gasteiger partial charge in [0.25, 0.3) is 0 Å². The Morgan fingerprint density at radius 2 is 2.06 bits per heavy atom. The van der Waals surface area contributed by atoms with Gasteiger partial charge in [-0.2, -0.15) is 13.2 Å². The maximum Gasteiger partial charge on any atom is 0.419 e. The van der Waals surface area contributed by atoms with Crippen LogP contribution in [0.5, 0.6) is 0 Å². The van der Waals surface area contributed by atoms with Crippen LogP contribution in [0.15, 0.2) is 18.3 Å². The quantitative estimate of drug-likeness (QED) is 0.884. The van der Waals surface area contributed by atoms with E-state index in [0.717, 1.165) is 18.9 Å². The van der Waals surface area contributed by atoms with E-state index in [4.69, 9.17) is 0 Å². The monoisotopic (exact) mass is 258 g/mol. The Balaban J connectivity index is 2.11. The molecule has 2 nitrogen and oxygen atoms in total. The minimum atomic E-state index is -4.36. The van der Waals surface area contributed by atoms with Crippen molar-refractivity contribution in [1.29, 1.82) is 0 Å². The molecule has 1 saturated carbocycles. The largest absolute Gasteiger partial charge is 0.419 e. The summed E-state index contributed by atoms with van der Waals surface area (Å²) in [5, 5.41) is 2.87. The zero-order valence-electron chi connectivity index (χ0n) is 10.5. The van der Waals surface area contributed by atoms with E-state index in [1.807, 2.05) is 0 Å². The molecule has 0 saturated heterocycles. The Bertz CT molecular complexity index is 422. The first-order chi connectivity index (χ1) is 8.35. The van der Waals surface area contributed by atoms with Crippen LogP contribution >= 0.6 is 0 Å². The van der Waals surface area contributed by atoms with E-state index >= 15 is 0 Å². The lowest BCUT2D eigenvalue weighted by Crippen LogP contribution is -2.23. The summed E-state index contributed by atoms with van der Waals surface area (Å²) in [6.45, 7) is 4.78. The van der Waals surface area contributed by atoms with Gasteiger partial charge in [-0.25, -0.2) is 4.98 Å². The van der Waals surface area contributed by atoms with Gasteiger partial charge in [0.15, 0.2) is 0 Å². The second-order valence-corrected chi connectivity index (χ2v) is 5.27. The van der Waals surface area contributed by atoms with Gasteiger partial charge in [-0.3, -0.25) is 0 Å². The zero-order chi connectivity index (χ0) is 13.4. The minimum Gasteiger partial charge on any atom is -0.369 e. The molecule has 1 fully saturated rings. The first kappa shape index (κ1) is 13.2. The maximum absolute atomic E-state index is 12.8. The Morgan fingerprint density at radius 3 is 2.56 bits per heavy atom. The molecule has 1 heterocycles. The Morgan fingerprint density at radius 1 is 1.39 bits per heavy atom. The van der Waals surface area contributed by atoms with Crippen LogP contribution in [0.4, 0.5) is 19.0 Å². The van der Waals surface area contributed by atoms with Gasteiger partial charge in [-0.05, 0) is 36.3 Å². The van der Waals surface area contributed by atoms with Crippen molar-refractivity contribution in [2.75, 3.05) is 11.9 Å². The van der Waals surface area contributed by atoms with Crippen LogP contribution < -0.4 is 5.32 Å². The zero-order valence-corrected chi connectivity index (χ0v) is 10.5. The number of nitrogens with one attached hydrogen (secondary N) is 1. The van der Waals surface area contributed by atoms with E-state index in [0.29, 0.717) is 12.5 Å². The smallest absolute Gasteiger partial charge is 0.369 e. The predicted molar refractivity (Wildman–Crippen MR) is 64.2 cm³/mol. The van der Waals surface area contributed by atoms with Crippen LogP contribution in [0.2, 0.25) is 0 Å². The molecule has 0 spiro atoms. The number of anilines is 1. The molecule has 0 aliphatic heterocycles. The van der Waals surface area contributed by atoms with Gasteiger partial charge in [-0.15, -0.1) is 0 Å². The van der Waals surface area contributed by atoms with Crippen molar-refractivity contribution < 1.29 is 13.2 Å². The molecule has 1 aromatic heterocycles. The van der Waals surface area contributed by atoms with Crippen molar-refractivity contribution in [3.63, 3.8) is 0 Å². The van der Waals surface area contributed by atoms with Crippen molar-refractivity contribution in [2.24, 2.45) is 11.3 Å². The Labute approximate surface area is 105 Å². The van der Waals surface area contributed by atoms with Gasteiger partial charge in [0.1, 0.15) is 5.82 Å². The van der Waals surface area contributed by atoms with E-state index in [1.54, 1.807) is 0 Å². The van der Waals surface area contributed by atoms with Crippen molar-refractivity contribution >= 4 is 5.82 Å². The molecule has 1 aliphatic carbocycles. The summed E-state index contributed by atoms with van der Waals surface area (Å²) < 4.78 is 38.3. The fourth-order valence-electron chi connectivity index (χ4n) is 2.15. The third-order valence-electron chi connectivity index (χ3n) is 3.84. The molecule has 1 N–H and O–H groups in total. The molecule has 100 valence electrons. The van der Waals surface area contributed by atoms with Crippen LogP contribution in [-0.4, -0.2) is 11.5 Å². The number of halogens is 3. The summed E-state index contributed by atoms with van der Waals surface area (Å²) in [5.41, 5.74) is -0.537. The summed E-state index contributed by atoms with van der Waals surface area (Å²) in [4.78, 5) is 3.80. The summed E-state index contributed by atoms with van der Waals surface area (Å²) in [5.74, 6) is 0.417. The lowest BCUT2D eigenvalue weighted by Gasteiger charge is -2.21. The highest BCUT2D eigenvalue weighted by Crippen LogP contribution is 2.51. The molecule has 2 rings (SSSR count). The molecule has 0 atom stereocenters. The average Bonchev–Trinajstić information content (AvgIpc) is 3.06. The SMILES string of the molecule is CC(C)C1(CNc2ncccc2C(F)(F)F)CC1. The molecule has 0 unspecified atom stereocenters. The third-order valence-corrected chi connectivity index (χ3v) is 3.84. The highest BCUT2D eigenvalue weighted by molar-refractivity contribution is 5.45. The predicted octanol–water partition coefficient (Wildman–Crippen LogP) is 3.95. The number of pyridine rings is 1. The Hall–Kier alpha value is -1.26. The molecule has 1 aliphatic rings. The average molecular weight is 258 g/mol. The summed E-state index contributed by atoms with van der Waals surface area (Å²) in [7, 11) is 0. The fourth-order valence-corrected chi connectivity index (χ4v) is 2.15. The van der Waals surface area contributed by atoms with Crippen LogP contribution in [0.3, 0.4) is 0 Å². The molecule has 18 heavy (non-hydrogen) atoms. The van der Waals surface area contributed by atoms with E-state index in [-0.39, 0.29) is 11.2 Å². The number of nitrogens with zero attached hydrogens (tertiary/aromatic N) is 1. The lowest BCUT2D eigenvalue weighted by atomic mass is 9.92. The van der Waals surface area contributed by atoms with Gasteiger partial charge < -0.3 is 5.32 Å². The number of hydrogen-bond acceptors (Lipinski definition) is 2. The molecule has 5 heteroatoms. The minimum absolute atomic E-state index is 0.0584. The molecular weight excluding hydrogens is 241 g/mol. The topological polar surface area (TPSA) is 24.9 Å². The highest BCUT2D eigenvalue weighted by atomic mass is 19.4. The standard InChI is InChI=1S/C13H17F3N2/c1-9(2)12(5-6-12)8-18-11-10(13(14,15)16)4-3-7-17-11/h3-4,7,9H,5-6,8H2,1-2H3,(H,17,18). The molecule has 0 bridgehead atoms. The molecule has 1 aromatic rings. The highest BCUT2D eigenvalue weighted by Gasteiger charge is 2.45. The number of rotatable bonds is 4.